The molecule has 0 amide bonds. The second kappa shape index (κ2) is 8.95. The van der Waals surface area contributed by atoms with Gasteiger partial charge >= 0.3 is 0 Å². The largest absolute Gasteiger partial charge is 0.352 e. The smallest absolute Gasteiger partial charge is 0.156 e. The van der Waals surface area contributed by atoms with Gasteiger partial charge in [0.2, 0.25) is 0 Å². The number of fused-ring (bicyclic) bond motifs is 1. The topological polar surface area (TPSA) is 32.3 Å². The third-order valence-corrected chi connectivity index (χ3v) is 6.50. The van der Waals surface area contributed by atoms with Crippen LogP contribution in [0.25, 0.3) is 22.3 Å². The van der Waals surface area contributed by atoms with E-state index in [0.29, 0.717) is 0 Å². The molecule has 0 atom stereocenters. The van der Waals surface area contributed by atoms with E-state index in [1.807, 2.05) is 24.3 Å². The molecule has 33 heavy (non-hydrogen) atoms. The summed E-state index contributed by atoms with van der Waals surface area (Å²) in [4.78, 5) is 15.0. The average Bonchev–Trinajstić information content (AvgIpc) is 2.84. The molecule has 1 saturated heterocycles. The van der Waals surface area contributed by atoms with Crippen LogP contribution in [0, 0.1) is 0 Å². The van der Waals surface area contributed by atoms with Crippen molar-refractivity contribution in [2.45, 2.75) is 32.7 Å². The van der Waals surface area contributed by atoms with E-state index in [1.165, 1.54) is 11.1 Å². The lowest BCUT2D eigenvalue weighted by molar-refractivity contribution is 0.249. The number of hydrogen-bond donors (Lipinski definition) is 0. The van der Waals surface area contributed by atoms with Crippen molar-refractivity contribution in [2.75, 3.05) is 31.1 Å². The number of nitrogens with zero attached hydrogens (tertiary/aromatic N) is 4. The molecule has 4 nitrogen and oxygen atoms in total. The first-order valence-electron chi connectivity index (χ1n) is 11.9. The molecule has 1 fully saturated rings. The second-order valence-corrected chi connectivity index (χ2v) is 9.96. The Bertz CT molecular complexity index is 1220. The molecule has 4 aromatic rings. The van der Waals surface area contributed by atoms with E-state index >= 15 is 0 Å². The fourth-order valence-corrected chi connectivity index (χ4v) is 4.49. The van der Waals surface area contributed by atoms with Crippen molar-refractivity contribution in [1.29, 1.82) is 0 Å². The Morgan fingerprint density at radius 2 is 1.30 bits per heavy atom. The van der Waals surface area contributed by atoms with Gasteiger partial charge in [0, 0.05) is 38.3 Å². The van der Waals surface area contributed by atoms with E-state index in [-0.39, 0.29) is 5.41 Å². The van der Waals surface area contributed by atoms with Crippen molar-refractivity contribution in [1.82, 2.24) is 14.9 Å². The molecule has 0 N–H and O–H groups in total. The number of benzene rings is 3. The van der Waals surface area contributed by atoms with Gasteiger partial charge in [-0.2, -0.15) is 0 Å². The minimum absolute atomic E-state index is 0.196. The van der Waals surface area contributed by atoms with Crippen molar-refractivity contribution in [3.63, 3.8) is 0 Å². The Hall–Kier alpha value is -3.24. The van der Waals surface area contributed by atoms with E-state index in [2.05, 4.69) is 85.2 Å². The quantitative estimate of drug-likeness (QED) is 0.398. The van der Waals surface area contributed by atoms with Crippen molar-refractivity contribution < 1.29 is 0 Å². The Kier molecular flexibility index (Phi) is 5.86. The van der Waals surface area contributed by atoms with Crippen LogP contribution in [0.3, 0.4) is 0 Å². The maximum absolute atomic E-state index is 5.06. The van der Waals surface area contributed by atoms with Crippen LogP contribution in [0.4, 0.5) is 5.82 Å². The first kappa shape index (κ1) is 21.6. The predicted molar refractivity (Wildman–Crippen MR) is 138 cm³/mol. The summed E-state index contributed by atoms with van der Waals surface area (Å²) < 4.78 is 0. The van der Waals surface area contributed by atoms with Crippen molar-refractivity contribution >= 4 is 16.9 Å². The average molecular weight is 437 g/mol. The Morgan fingerprint density at radius 1 is 0.697 bits per heavy atom. The summed E-state index contributed by atoms with van der Waals surface area (Å²) in [7, 11) is 0. The third-order valence-electron chi connectivity index (χ3n) is 6.50. The third kappa shape index (κ3) is 4.76. The summed E-state index contributed by atoms with van der Waals surface area (Å²) in [6.07, 6.45) is 0. The monoisotopic (exact) mass is 436 g/mol. The second-order valence-electron chi connectivity index (χ2n) is 9.96. The highest BCUT2D eigenvalue weighted by atomic mass is 15.3. The molecule has 2 heterocycles. The zero-order valence-electron chi connectivity index (χ0n) is 19.8. The van der Waals surface area contributed by atoms with Gasteiger partial charge in [-0.15, -0.1) is 0 Å². The highest BCUT2D eigenvalue weighted by Crippen LogP contribution is 2.30. The fourth-order valence-electron chi connectivity index (χ4n) is 4.49. The lowest BCUT2D eigenvalue weighted by atomic mass is 9.87. The normalized spacial score (nSPS) is 15.2. The molecule has 0 radical (unpaired) electrons. The minimum Gasteiger partial charge on any atom is -0.352 e. The number of anilines is 1. The molecule has 168 valence electrons. The van der Waals surface area contributed by atoms with Gasteiger partial charge in [0.1, 0.15) is 5.69 Å². The summed E-state index contributed by atoms with van der Waals surface area (Å²) in [5.41, 5.74) is 6.95. The first-order valence-corrected chi connectivity index (χ1v) is 11.9. The highest BCUT2D eigenvalue weighted by molar-refractivity contribution is 5.83. The number of para-hydroxylation sites is 2. The van der Waals surface area contributed by atoms with Crippen molar-refractivity contribution in [3.8, 4) is 11.3 Å². The molecule has 0 aliphatic carbocycles. The molecule has 4 heteroatoms. The summed E-state index contributed by atoms with van der Waals surface area (Å²) in [5.74, 6) is 0.995. The van der Waals surface area contributed by atoms with Gasteiger partial charge in [0.25, 0.3) is 0 Å². The van der Waals surface area contributed by atoms with Crippen LogP contribution >= 0.6 is 0 Å². The van der Waals surface area contributed by atoms with Gasteiger partial charge in [0.15, 0.2) is 5.82 Å². The first-order chi connectivity index (χ1) is 16.0. The van der Waals surface area contributed by atoms with Gasteiger partial charge in [-0.1, -0.05) is 87.5 Å². The Balaban J connectivity index is 1.34. The molecule has 0 saturated carbocycles. The van der Waals surface area contributed by atoms with Gasteiger partial charge in [-0.3, -0.25) is 4.90 Å². The molecule has 0 spiro atoms. The SMILES string of the molecule is CC(C)(C)c1ccc(CN2CCN(c3nc4ccccc4nc3-c3ccccc3)CC2)cc1. The summed E-state index contributed by atoms with van der Waals surface area (Å²) in [6.45, 7) is 11.7. The molecule has 0 bridgehead atoms. The zero-order valence-corrected chi connectivity index (χ0v) is 19.8. The molecule has 3 aromatic carbocycles. The van der Waals surface area contributed by atoms with Crippen molar-refractivity contribution in [3.05, 3.63) is 90.0 Å². The van der Waals surface area contributed by atoms with E-state index in [9.17, 15) is 0 Å². The Labute approximate surface area is 196 Å². The molecule has 1 aliphatic rings. The number of aromatic nitrogens is 2. The number of piperazine rings is 1. The molecular weight excluding hydrogens is 404 g/mol. The van der Waals surface area contributed by atoms with Gasteiger partial charge in [-0.25, -0.2) is 9.97 Å². The maximum Gasteiger partial charge on any atom is 0.156 e. The van der Waals surface area contributed by atoms with Gasteiger partial charge in [0.05, 0.1) is 11.0 Å². The minimum atomic E-state index is 0.196. The highest BCUT2D eigenvalue weighted by Gasteiger charge is 2.23. The van der Waals surface area contributed by atoms with Gasteiger partial charge < -0.3 is 4.90 Å². The zero-order chi connectivity index (χ0) is 22.8. The van der Waals surface area contributed by atoms with E-state index in [1.54, 1.807) is 0 Å². The molecular formula is C29H32N4. The Morgan fingerprint density at radius 3 is 1.94 bits per heavy atom. The fraction of sp³-hybridized carbons (Fsp3) is 0.310. The molecule has 5 rings (SSSR count). The van der Waals surface area contributed by atoms with Crippen LogP contribution in [0.2, 0.25) is 0 Å². The summed E-state index contributed by atoms with van der Waals surface area (Å²) in [6, 6.07) is 27.7. The molecule has 1 aliphatic heterocycles. The predicted octanol–water partition coefficient (Wildman–Crippen LogP) is 5.92. The lowest BCUT2D eigenvalue weighted by Crippen LogP contribution is -2.46. The summed E-state index contributed by atoms with van der Waals surface area (Å²) >= 11 is 0. The van der Waals surface area contributed by atoms with Crippen LogP contribution in [-0.2, 0) is 12.0 Å². The van der Waals surface area contributed by atoms with E-state index in [0.717, 1.165) is 60.8 Å². The number of rotatable bonds is 4. The van der Waals surface area contributed by atoms with Crippen LogP contribution in [0.15, 0.2) is 78.9 Å². The van der Waals surface area contributed by atoms with Gasteiger partial charge in [-0.05, 0) is 28.7 Å². The van der Waals surface area contributed by atoms with E-state index < -0.39 is 0 Å². The summed E-state index contributed by atoms with van der Waals surface area (Å²) in [5, 5.41) is 0. The van der Waals surface area contributed by atoms with Crippen LogP contribution in [0.1, 0.15) is 31.9 Å². The van der Waals surface area contributed by atoms with Crippen LogP contribution < -0.4 is 4.90 Å². The van der Waals surface area contributed by atoms with E-state index in [4.69, 9.17) is 9.97 Å². The van der Waals surface area contributed by atoms with Crippen LogP contribution in [-0.4, -0.2) is 41.0 Å². The lowest BCUT2D eigenvalue weighted by Gasteiger charge is -2.36. The maximum atomic E-state index is 5.06. The van der Waals surface area contributed by atoms with Crippen molar-refractivity contribution in [2.24, 2.45) is 0 Å². The number of hydrogen-bond acceptors (Lipinski definition) is 4. The van der Waals surface area contributed by atoms with Crippen LogP contribution in [0.5, 0.6) is 0 Å². The molecule has 0 unspecified atom stereocenters. The molecule has 1 aromatic heterocycles. The standard InChI is InChI=1S/C29H32N4/c1-29(2,3)24-15-13-22(14-16-24)21-32-17-19-33(20-18-32)28-27(23-9-5-4-6-10-23)30-25-11-7-8-12-26(25)31-28/h4-16H,17-21H2,1-3H3.